The molecule has 0 saturated heterocycles. The molecule has 0 aliphatic rings. The maximum atomic E-state index is 13.8. The van der Waals surface area contributed by atoms with Gasteiger partial charge in [0.2, 0.25) is 11.8 Å². The highest BCUT2D eigenvalue weighted by Gasteiger charge is 2.29. The summed E-state index contributed by atoms with van der Waals surface area (Å²) in [6.45, 7) is 1.60. The lowest BCUT2D eigenvalue weighted by Gasteiger charge is -2.25. The highest BCUT2D eigenvalue weighted by molar-refractivity contribution is 5.88. The molecule has 0 bridgehead atoms. The zero-order chi connectivity index (χ0) is 36.3. The van der Waals surface area contributed by atoms with Crippen molar-refractivity contribution >= 4 is 34.8 Å². The number of carbonyl (C=O) groups excluding carboxylic acids is 4. The second-order valence-corrected chi connectivity index (χ2v) is 11.3. The van der Waals surface area contributed by atoms with Crippen LogP contribution in [0.1, 0.15) is 43.2 Å². The van der Waals surface area contributed by atoms with E-state index in [4.69, 9.17) is 0 Å². The minimum atomic E-state index is -3.17. The molecule has 0 unspecified atom stereocenters. The lowest BCUT2D eigenvalue weighted by Crippen LogP contribution is -2.44. The van der Waals surface area contributed by atoms with E-state index in [1.165, 1.54) is 13.3 Å². The number of aromatic nitrogens is 4. The first-order valence-corrected chi connectivity index (χ1v) is 15.6. The van der Waals surface area contributed by atoms with Crippen molar-refractivity contribution in [1.29, 1.82) is 0 Å². The quantitative estimate of drug-likeness (QED) is 0.153. The maximum Gasteiger partial charge on any atom is 0.407 e. The fourth-order valence-electron chi connectivity index (χ4n) is 4.88. The first-order valence-electron chi connectivity index (χ1n) is 15.6. The summed E-state index contributed by atoms with van der Waals surface area (Å²) < 4.78 is 36.5. The Kier molecular flexibility index (Phi) is 12.5. The largest absolute Gasteiger partial charge is 0.453 e. The number of nitrogens with one attached hydrogen (secondary N) is 4. The zero-order valence-corrected chi connectivity index (χ0v) is 28.1. The van der Waals surface area contributed by atoms with Gasteiger partial charge < -0.3 is 39.9 Å². The summed E-state index contributed by atoms with van der Waals surface area (Å²) in [7, 11) is 2.36. The van der Waals surface area contributed by atoms with Gasteiger partial charge in [0, 0.05) is 24.6 Å². The topological polar surface area (TPSA) is 175 Å². The van der Waals surface area contributed by atoms with Crippen LogP contribution in [0.2, 0.25) is 0 Å². The number of carbonyl (C=O) groups is 4. The predicted molar refractivity (Wildman–Crippen MR) is 179 cm³/mol. The molecule has 0 fully saturated rings. The lowest BCUT2D eigenvalue weighted by molar-refractivity contribution is -0.136. The van der Waals surface area contributed by atoms with Crippen LogP contribution in [0.15, 0.2) is 48.8 Å². The summed E-state index contributed by atoms with van der Waals surface area (Å²) in [6.07, 6.45) is 2.36. The molecule has 16 heteroatoms. The van der Waals surface area contributed by atoms with Gasteiger partial charge in [0.15, 0.2) is 0 Å². The number of aromatic amines is 2. The average molecular weight is 693 g/mol. The molecule has 4 amide bonds. The zero-order valence-electron chi connectivity index (χ0n) is 28.1. The molecule has 4 N–H and O–H groups in total. The number of nitrogens with zero attached hydrogens (tertiary/aromatic N) is 4. The van der Waals surface area contributed by atoms with Crippen LogP contribution >= 0.6 is 0 Å². The van der Waals surface area contributed by atoms with Crippen LogP contribution in [0.25, 0.3) is 22.0 Å². The molecule has 2 aromatic carbocycles. The Morgan fingerprint density at radius 2 is 1.44 bits per heavy atom. The number of benzene rings is 2. The van der Waals surface area contributed by atoms with Gasteiger partial charge in [0.1, 0.15) is 30.4 Å². The van der Waals surface area contributed by atoms with E-state index in [1.54, 1.807) is 11.1 Å². The van der Waals surface area contributed by atoms with Crippen molar-refractivity contribution < 1.29 is 37.4 Å². The fraction of sp³-hybridized carbons (Fsp3) is 0.353. The van der Waals surface area contributed by atoms with Crippen LogP contribution in [0, 0.1) is 11.8 Å². The highest BCUT2D eigenvalue weighted by Crippen LogP contribution is 2.24. The number of methoxy groups -OCH3 is 2. The van der Waals surface area contributed by atoms with Gasteiger partial charge in [-0.25, -0.2) is 28.3 Å². The van der Waals surface area contributed by atoms with E-state index >= 15 is 0 Å². The molecule has 2 heterocycles. The molecular weight excluding hydrogens is 654 g/mol. The monoisotopic (exact) mass is 692 g/mol. The molecule has 50 heavy (non-hydrogen) atoms. The average Bonchev–Trinajstić information content (AvgIpc) is 3.76. The minimum absolute atomic E-state index is 0.178. The Labute approximate surface area is 286 Å². The van der Waals surface area contributed by atoms with Gasteiger partial charge in [-0.3, -0.25) is 9.59 Å². The van der Waals surface area contributed by atoms with Crippen molar-refractivity contribution in [1.82, 2.24) is 40.4 Å². The van der Waals surface area contributed by atoms with E-state index in [-0.39, 0.29) is 31.4 Å². The third-order valence-corrected chi connectivity index (χ3v) is 7.24. The second kappa shape index (κ2) is 16.9. The summed E-state index contributed by atoms with van der Waals surface area (Å²) in [5.74, 6) is 2.73. The van der Waals surface area contributed by atoms with Crippen molar-refractivity contribution in [2.24, 2.45) is 0 Å². The third kappa shape index (κ3) is 10.8. The first-order chi connectivity index (χ1) is 23.9. The normalized spacial score (nSPS) is 10.9. The van der Waals surface area contributed by atoms with E-state index in [0.29, 0.717) is 25.0 Å². The van der Waals surface area contributed by atoms with Crippen molar-refractivity contribution in [2.75, 3.05) is 40.4 Å². The van der Waals surface area contributed by atoms with Crippen LogP contribution < -0.4 is 10.6 Å². The third-order valence-electron chi connectivity index (χ3n) is 7.24. The van der Waals surface area contributed by atoms with Crippen molar-refractivity contribution in [3.05, 3.63) is 71.7 Å². The molecule has 14 nitrogen and oxygen atoms in total. The summed E-state index contributed by atoms with van der Waals surface area (Å²) in [5, 5.41) is 6.51. The van der Waals surface area contributed by atoms with Gasteiger partial charge in [-0.2, -0.15) is 0 Å². The van der Waals surface area contributed by atoms with Gasteiger partial charge in [-0.15, -0.1) is 0 Å². The predicted octanol–water partition coefficient (Wildman–Crippen LogP) is 3.79. The molecule has 0 aliphatic carbocycles. The molecule has 4 rings (SSSR count). The van der Waals surface area contributed by atoms with E-state index in [2.05, 4.69) is 51.9 Å². The van der Waals surface area contributed by atoms with Gasteiger partial charge in [0.05, 0.1) is 51.9 Å². The number of alkyl halides is 2. The summed E-state index contributed by atoms with van der Waals surface area (Å²) in [4.78, 5) is 65.2. The number of H-pyrrole nitrogens is 2. The van der Waals surface area contributed by atoms with Crippen LogP contribution in [0.5, 0.6) is 0 Å². The SMILES string of the molecule is CCCN(Cc1ncc(-c2ccc3cc(C#Cc4cnc(CN(CC(C)(F)F)C(=O)CNC(=O)OC)[nH]4)ccc3c2)[nH]1)C(=O)CNC(=O)OC. The second-order valence-electron chi connectivity index (χ2n) is 11.3. The van der Waals surface area contributed by atoms with Crippen molar-refractivity contribution in [3.63, 3.8) is 0 Å². The van der Waals surface area contributed by atoms with E-state index in [9.17, 15) is 28.0 Å². The first kappa shape index (κ1) is 36.8. The van der Waals surface area contributed by atoms with Crippen LogP contribution in [0.4, 0.5) is 18.4 Å². The van der Waals surface area contributed by atoms with Gasteiger partial charge in [-0.05, 0) is 41.3 Å². The molecule has 0 aliphatic heterocycles. The smallest absolute Gasteiger partial charge is 0.407 e. The van der Waals surface area contributed by atoms with E-state index in [0.717, 1.165) is 46.0 Å². The van der Waals surface area contributed by atoms with E-state index < -0.39 is 37.1 Å². The number of amides is 4. The molecule has 0 saturated carbocycles. The fourth-order valence-corrected chi connectivity index (χ4v) is 4.88. The Bertz CT molecular complexity index is 1890. The standard InChI is InChI=1S/C34H38F2N8O6/c1-5-12-43(30(45)17-39-32(47)49-3)19-29-38-16-27(42-29)25-10-9-23-13-22(6-8-24(23)14-25)7-11-26-15-37-28(41-26)20-44(21-34(2,35)36)31(46)18-40-33(48)50-4/h6,8-10,13-16H,5,12,17-21H2,1-4H3,(H,37,41)(H,38,42)(H,39,47)(H,40,48). The Morgan fingerprint density at radius 3 is 2.10 bits per heavy atom. The minimum Gasteiger partial charge on any atom is -0.453 e. The molecule has 264 valence electrons. The van der Waals surface area contributed by atoms with Crippen LogP contribution in [-0.4, -0.2) is 100 Å². The molecule has 4 aromatic rings. The summed E-state index contributed by atoms with van der Waals surface area (Å²) in [5.41, 5.74) is 2.83. The maximum absolute atomic E-state index is 13.8. The summed E-state index contributed by atoms with van der Waals surface area (Å²) in [6, 6.07) is 11.6. The van der Waals surface area contributed by atoms with Gasteiger partial charge >= 0.3 is 12.2 Å². The number of hydrogen-bond donors (Lipinski definition) is 4. The number of rotatable bonds is 13. The molecule has 0 atom stereocenters. The Morgan fingerprint density at radius 1 is 0.840 bits per heavy atom. The van der Waals surface area contributed by atoms with Crippen molar-refractivity contribution in [3.8, 4) is 23.1 Å². The lowest BCUT2D eigenvalue weighted by atomic mass is 10.0. The number of alkyl carbamates (subject to hydrolysis) is 2. The van der Waals surface area contributed by atoms with Crippen molar-refractivity contribution in [2.45, 2.75) is 39.3 Å². The number of fused-ring (bicyclic) bond motifs is 1. The Balaban J connectivity index is 1.42. The number of ether oxygens (including phenoxy) is 2. The van der Waals surface area contributed by atoms with E-state index in [1.807, 2.05) is 43.3 Å². The molecule has 0 radical (unpaired) electrons. The van der Waals surface area contributed by atoms with Crippen LogP contribution in [0.3, 0.4) is 0 Å². The van der Waals surface area contributed by atoms with Crippen LogP contribution in [-0.2, 0) is 32.2 Å². The number of halogens is 2. The van der Waals surface area contributed by atoms with Gasteiger partial charge in [-0.1, -0.05) is 31.0 Å². The molecular formula is C34H38F2N8O6. The highest BCUT2D eigenvalue weighted by atomic mass is 19.3. The van der Waals surface area contributed by atoms with Gasteiger partial charge in [0.25, 0.3) is 5.92 Å². The molecule has 2 aromatic heterocycles. The Hall–Kier alpha value is -5.98. The molecule has 0 spiro atoms. The number of hydrogen-bond acceptors (Lipinski definition) is 8. The summed E-state index contributed by atoms with van der Waals surface area (Å²) >= 11 is 0. The number of imidazole rings is 2.